The van der Waals surface area contributed by atoms with E-state index >= 15 is 0 Å². The van der Waals surface area contributed by atoms with Gasteiger partial charge in [0.25, 0.3) is 5.56 Å². The highest BCUT2D eigenvalue weighted by molar-refractivity contribution is 7.18. The van der Waals surface area contributed by atoms with Crippen LogP contribution in [-0.2, 0) is 7.05 Å². The summed E-state index contributed by atoms with van der Waals surface area (Å²) in [4.78, 5) is 26.9. The fourth-order valence-electron chi connectivity index (χ4n) is 1.45. The van der Waals surface area contributed by atoms with E-state index in [4.69, 9.17) is 0 Å². The van der Waals surface area contributed by atoms with Crippen LogP contribution in [0, 0.1) is 13.8 Å². The number of aryl methyl sites for hydroxylation is 3. The summed E-state index contributed by atoms with van der Waals surface area (Å²) in [5.41, 5.74) is 0.315. The van der Waals surface area contributed by atoms with Gasteiger partial charge in [0, 0.05) is 11.9 Å². The predicted molar refractivity (Wildman–Crippen MR) is 57.2 cm³/mol. The Bertz CT molecular complexity index is 618. The van der Waals surface area contributed by atoms with Crippen LogP contribution in [-0.4, -0.2) is 9.55 Å². The van der Waals surface area contributed by atoms with E-state index in [1.807, 2.05) is 13.8 Å². The van der Waals surface area contributed by atoms with Gasteiger partial charge in [-0.25, -0.2) is 4.79 Å². The number of nitrogens with one attached hydrogen (secondary N) is 1. The molecule has 0 aliphatic carbocycles. The van der Waals surface area contributed by atoms with Crippen LogP contribution < -0.4 is 11.2 Å². The molecule has 0 radical (unpaired) electrons. The molecule has 0 spiro atoms. The largest absolute Gasteiger partial charge is 0.329 e. The topological polar surface area (TPSA) is 54.9 Å². The Hall–Kier alpha value is -1.36. The third kappa shape index (κ3) is 1.05. The predicted octanol–water partition coefficient (Wildman–Crippen LogP) is 0.905. The minimum atomic E-state index is -0.358. The molecule has 2 heterocycles. The van der Waals surface area contributed by atoms with E-state index in [0.29, 0.717) is 5.39 Å². The third-order valence-corrected chi connectivity index (χ3v) is 3.71. The van der Waals surface area contributed by atoms with Gasteiger partial charge in [0.05, 0.1) is 5.39 Å². The van der Waals surface area contributed by atoms with Crippen molar-refractivity contribution in [1.82, 2.24) is 9.55 Å². The van der Waals surface area contributed by atoms with Gasteiger partial charge in [-0.05, 0) is 19.4 Å². The Labute approximate surface area is 83.8 Å². The van der Waals surface area contributed by atoms with Crippen molar-refractivity contribution in [3.05, 3.63) is 31.3 Å². The first-order chi connectivity index (χ1) is 6.52. The first-order valence-corrected chi connectivity index (χ1v) is 5.03. The zero-order valence-electron chi connectivity index (χ0n) is 8.17. The summed E-state index contributed by atoms with van der Waals surface area (Å²) >= 11 is 1.48. The highest BCUT2D eigenvalue weighted by Crippen LogP contribution is 2.25. The minimum absolute atomic E-state index is 0.287. The maximum absolute atomic E-state index is 11.5. The maximum Gasteiger partial charge on any atom is 0.329 e. The highest BCUT2D eigenvalue weighted by Gasteiger charge is 2.11. The number of thiophene rings is 1. The van der Waals surface area contributed by atoms with Crippen molar-refractivity contribution in [2.24, 2.45) is 7.05 Å². The van der Waals surface area contributed by atoms with Gasteiger partial charge in [0.15, 0.2) is 0 Å². The second kappa shape index (κ2) is 2.81. The molecule has 2 aromatic rings. The van der Waals surface area contributed by atoms with E-state index in [1.165, 1.54) is 15.9 Å². The van der Waals surface area contributed by atoms with Gasteiger partial charge in [-0.1, -0.05) is 0 Å². The summed E-state index contributed by atoms with van der Waals surface area (Å²) in [6.45, 7) is 3.85. The lowest BCUT2D eigenvalue weighted by Crippen LogP contribution is -2.27. The number of H-pyrrole nitrogens is 1. The molecule has 74 valence electrons. The smallest absolute Gasteiger partial charge is 0.288 e. The van der Waals surface area contributed by atoms with Crippen LogP contribution in [0.3, 0.4) is 0 Å². The zero-order chi connectivity index (χ0) is 10.5. The SMILES string of the molecule is Cc1sc2c(c1C)c(=O)[nH]c(=O)n2C. The van der Waals surface area contributed by atoms with Crippen LogP contribution in [0.1, 0.15) is 10.4 Å². The molecule has 0 bridgehead atoms. The molecule has 5 heteroatoms. The minimum Gasteiger partial charge on any atom is -0.288 e. The van der Waals surface area contributed by atoms with E-state index in [2.05, 4.69) is 4.98 Å². The van der Waals surface area contributed by atoms with Gasteiger partial charge < -0.3 is 0 Å². The van der Waals surface area contributed by atoms with Gasteiger partial charge in [-0.2, -0.15) is 0 Å². The first kappa shape index (κ1) is 9.21. The number of nitrogens with zero attached hydrogens (tertiary/aromatic N) is 1. The molecular formula is C9H10N2O2S. The van der Waals surface area contributed by atoms with Gasteiger partial charge in [-0.3, -0.25) is 14.3 Å². The van der Waals surface area contributed by atoms with Crippen LogP contribution in [0.5, 0.6) is 0 Å². The van der Waals surface area contributed by atoms with Gasteiger partial charge in [0.2, 0.25) is 0 Å². The molecule has 0 saturated carbocycles. The number of hydrogen-bond donors (Lipinski definition) is 1. The monoisotopic (exact) mass is 210 g/mol. The molecular weight excluding hydrogens is 200 g/mol. The summed E-state index contributed by atoms with van der Waals surface area (Å²) in [7, 11) is 1.66. The number of aromatic amines is 1. The van der Waals surface area contributed by atoms with Gasteiger partial charge in [-0.15, -0.1) is 11.3 Å². The van der Waals surface area contributed by atoms with Crippen LogP contribution in [0.4, 0.5) is 0 Å². The molecule has 0 aliphatic rings. The van der Waals surface area contributed by atoms with E-state index in [9.17, 15) is 9.59 Å². The van der Waals surface area contributed by atoms with Crippen molar-refractivity contribution in [3.8, 4) is 0 Å². The number of hydrogen-bond acceptors (Lipinski definition) is 3. The van der Waals surface area contributed by atoms with Gasteiger partial charge in [0.1, 0.15) is 4.83 Å². The fraction of sp³-hybridized carbons (Fsp3) is 0.333. The molecule has 0 fully saturated rings. The van der Waals surface area contributed by atoms with Crippen molar-refractivity contribution < 1.29 is 0 Å². The van der Waals surface area contributed by atoms with Crippen LogP contribution >= 0.6 is 11.3 Å². The van der Waals surface area contributed by atoms with Crippen molar-refractivity contribution in [2.45, 2.75) is 13.8 Å². The van der Waals surface area contributed by atoms with Crippen molar-refractivity contribution >= 4 is 21.6 Å². The van der Waals surface area contributed by atoms with E-state index in [0.717, 1.165) is 15.3 Å². The molecule has 0 aromatic carbocycles. The van der Waals surface area contributed by atoms with E-state index in [1.54, 1.807) is 7.05 Å². The summed E-state index contributed by atoms with van der Waals surface area (Å²) in [6.07, 6.45) is 0. The maximum atomic E-state index is 11.5. The standard InChI is InChI=1S/C9H10N2O2S/c1-4-5(2)14-8-6(4)7(12)10-9(13)11(8)3/h1-3H3,(H,10,12,13). The van der Waals surface area contributed by atoms with Crippen molar-refractivity contribution in [1.29, 1.82) is 0 Å². The number of aromatic nitrogens is 2. The van der Waals surface area contributed by atoms with Crippen LogP contribution in [0.15, 0.2) is 9.59 Å². The molecule has 0 saturated heterocycles. The molecule has 0 unspecified atom stereocenters. The molecule has 2 rings (SSSR count). The van der Waals surface area contributed by atoms with Crippen LogP contribution in [0.25, 0.3) is 10.2 Å². The highest BCUT2D eigenvalue weighted by atomic mass is 32.1. The third-order valence-electron chi connectivity index (χ3n) is 2.42. The molecule has 1 N–H and O–H groups in total. The molecule has 0 atom stereocenters. The number of fused-ring (bicyclic) bond motifs is 1. The molecule has 0 aliphatic heterocycles. The molecule has 4 nitrogen and oxygen atoms in total. The van der Waals surface area contributed by atoms with E-state index < -0.39 is 0 Å². The second-order valence-electron chi connectivity index (χ2n) is 3.28. The molecule has 14 heavy (non-hydrogen) atoms. The lowest BCUT2D eigenvalue weighted by molar-refractivity contribution is 0.850. The summed E-state index contributed by atoms with van der Waals surface area (Å²) in [6, 6.07) is 0. The van der Waals surface area contributed by atoms with Crippen molar-refractivity contribution in [3.63, 3.8) is 0 Å². The summed E-state index contributed by atoms with van der Waals surface area (Å²) in [5, 5.41) is 0.634. The quantitative estimate of drug-likeness (QED) is 0.702. The Kier molecular flexibility index (Phi) is 1.85. The average molecular weight is 210 g/mol. The Morgan fingerprint density at radius 2 is 1.93 bits per heavy atom. The Balaban J connectivity index is 3.18. The normalized spacial score (nSPS) is 11.1. The van der Waals surface area contributed by atoms with Crippen LogP contribution in [0.2, 0.25) is 0 Å². The Morgan fingerprint density at radius 3 is 2.57 bits per heavy atom. The number of rotatable bonds is 0. The summed E-state index contributed by atoms with van der Waals surface area (Å²) in [5.74, 6) is 0. The zero-order valence-corrected chi connectivity index (χ0v) is 8.99. The van der Waals surface area contributed by atoms with Gasteiger partial charge >= 0.3 is 5.69 Å². The molecule has 2 aromatic heterocycles. The van der Waals surface area contributed by atoms with Crippen molar-refractivity contribution in [2.75, 3.05) is 0 Å². The fourth-order valence-corrected chi connectivity index (χ4v) is 2.56. The second-order valence-corrected chi connectivity index (χ2v) is 4.48. The first-order valence-electron chi connectivity index (χ1n) is 4.21. The van der Waals surface area contributed by atoms with E-state index in [-0.39, 0.29) is 11.2 Å². The lowest BCUT2D eigenvalue weighted by Gasteiger charge is -1.97. The summed E-state index contributed by atoms with van der Waals surface area (Å²) < 4.78 is 1.47. The average Bonchev–Trinajstić information content (AvgIpc) is 2.40. The Morgan fingerprint density at radius 1 is 1.29 bits per heavy atom. The molecule has 0 amide bonds. The lowest BCUT2D eigenvalue weighted by atomic mass is 10.2.